The summed E-state index contributed by atoms with van der Waals surface area (Å²) in [5.74, 6) is -0.837. The summed E-state index contributed by atoms with van der Waals surface area (Å²) in [5, 5.41) is 8.36. The maximum Gasteiger partial charge on any atom is 0.303 e. The van der Waals surface area contributed by atoms with E-state index >= 15 is 0 Å². The molecule has 0 aromatic carbocycles. The lowest BCUT2D eigenvalue weighted by Gasteiger charge is -2.12. The molecule has 0 bridgehead atoms. The summed E-state index contributed by atoms with van der Waals surface area (Å²) < 4.78 is 12.1. The fraction of sp³-hybridized carbons (Fsp3) is 0.875. The van der Waals surface area contributed by atoms with Crippen molar-refractivity contribution in [2.24, 2.45) is 11.8 Å². The van der Waals surface area contributed by atoms with Gasteiger partial charge in [-0.2, -0.15) is 0 Å². The second kappa shape index (κ2) is 5.10. The molecule has 0 radical (unpaired) electrons. The maximum absolute atomic E-state index is 12.1. The first kappa shape index (κ1) is 10.4. The van der Waals surface area contributed by atoms with Gasteiger partial charge in [-0.15, -0.1) is 0 Å². The summed E-state index contributed by atoms with van der Waals surface area (Å²) in [6.07, 6.45) is 0.609. The number of halogens is 1. The van der Waals surface area contributed by atoms with E-state index in [1.54, 1.807) is 0 Å². The summed E-state index contributed by atoms with van der Waals surface area (Å²) in [6, 6.07) is 0. The van der Waals surface area contributed by atoms with Crippen LogP contribution in [0.1, 0.15) is 26.7 Å². The highest BCUT2D eigenvalue weighted by Crippen LogP contribution is 2.15. The highest BCUT2D eigenvalue weighted by atomic mass is 19.1. The monoisotopic (exact) mass is 162 g/mol. The molecule has 1 unspecified atom stereocenters. The first-order chi connectivity index (χ1) is 5.06. The van der Waals surface area contributed by atoms with Gasteiger partial charge in [0.15, 0.2) is 0 Å². The number of hydrogen-bond donors (Lipinski definition) is 1. The van der Waals surface area contributed by atoms with Gasteiger partial charge in [-0.1, -0.05) is 13.8 Å². The standard InChI is InChI=1S/C8H15FO2/c1-6(2)3-7(5-9)4-8(10)11/h6-7H,3-5H2,1-2H3,(H,10,11). The molecule has 0 amide bonds. The maximum atomic E-state index is 12.1. The SMILES string of the molecule is CC(C)CC(CF)CC(=O)O. The summed E-state index contributed by atoms with van der Waals surface area (Å²) >= 11 is 0. The second-order valence-electron chi connectivity index (χ2n) is 3.25. The van der Waals surface area contributed by atoms with E-state index in [2.05, 4.69) is 0 Å². The Balaban J connectivity index is 3.66. The van der Waals surface area contributed by atoms with Crippen LogP contribution in [0, 0.1) is 11.8 Å². The van der Waals surface area contributed by atoms with Crippen molar-refractivity contribution in [3.63, 3.8) is 0 Å². The molecule has 0 saturated heterocycles. The Morgan fingerprint density at radius 3 is 2.36 bits per heavy atom. The van der Waals surface area contributed by atoms with Gasteiger partial charge in [-0.3, -0.25) is 9.18 Å². The normalized spacial score (nSPS) is 13.5. The molecular formula is C8H15FO2. The number of rotatable bonds is 5. The van der Waals surface area contributed by atoms with Crippen molar-refractivity contribution in [2.75, 3.05) is 6.67 Å². The van der Waals surface area contributed by atoms with Crippen LogP contribution in [0.25, 0.3) is 0 Å². The van der Waals surface area contributed by atoms with Crippen LogP contribution in [0.5, 0.6) is 0 Å². The van der Waals surface area contributed by atoms with Gasteiger partial charge in [-0.05, 0) is 18.3 Å². The van der Waals surface area contributed by atoms with Gasteiger partial charge in [0.2, 0.25) is 0 Å². The minimum Gasteiger partial charge on any atom is -0.481 e. The summed E-state index contributed by atoms with van der Waals surface area (Å²) in [6.45, 7) is 3.40. The highest BCUT2D eigenvalue weighted by molar-refractivity contribution is 5.67. The van der Waals surface area contributed by atoms with Crippen molar-refractivity contribution < 1.29 is 14.3 Å². The minimum atomic E-state index is -0.909. The second-order valence-corrected chi connectivity index (χ2v) is 3.25. The van der Waals surface area contributed by atoms with Crippen LogP contribution in [0.3, 0.4) is 0 Å². The van der Waals surface area contributed by atoms with E-state index in [9.17, 15) is 9.18 Å². The molecular weight excluding hydrogens is 147 g/mol. The molecule has 1 N–H and O–H groups in total. The topological polar surface area (TPSA) is 37.3 Å². The van der Waals surface area contributed by atoms with Crippen LogP contribution in [0.4, 0.5) is 4.39 Å². The Hall–Kier alpha value is -0.600. The Kier molecular flexibility index (Phi) is 4.83. The van der Waals surface area contributed by atoms with Gasteiger partial charge in [0.25, 0.3) is 0 Å². The molecule has 0 spiro atoms. The summed E-state index contributed by atoms with van der Waals surface area (Å²) in [5.41, 5.74) is 0. The molecule has 0 saturated carbocycles. The molecule has 0 aliphatic rings. The number of alkyl halides is 1. The molecule has 0 aromatic rings. The minimum absolute atomic E-state index is 0.0469. The van der Waals surface area contributed by atoms with Crippen molar-refractivity contribution in [1.82, 2.24) is 0 Å². The van der Waals surface area contributed by atoms with E-state index in [1.807, 2.05) is 13.8 Å². The van der Waals surface area contributed by atoms with Crippen molar-refractivity contribution in [3.05, 3.63) is 0 Å². The van der Waals surface area contributed by atoms with Crippen LogP contribution < -0.4 is 0 Å². The molecule has 3 heteroatoms. The summed E-state index contributed by atoms with van der Waals surface area (Å²) in [4.78, 5) is 10.2. The lowest BCUT2D eigenvalue weighted by atomic mass is 9.95. The molecule has 0 aliphatic carbocycles. The van der Waals surface area contributed by atoms with Crippen LogP contribution >= 0.6 is 0 Å². The number of carbonyl (C=O) groups is 1. The zero-order chi connectivity index (χ0) is 8.85. The molecule has 0 aliphatic heterocycles. The molecule has 1 atom stereocenters. The molecule has 0 aromatic heterocycles. The fourth-order valence-electron chi connectivity index (χ4n) is 1.11. The van der Waals surface area contributed by atoms with Gasteiger partial charge >= 0.3 is 5.97 Å². The molecule has 11 heavy (non-hydrogen) atoms. The van der Waals surface area contributed by atoms with Gasteiger partial charge < -0.3 is 5.11 Å². The number of aliphatic carboxylic acids is 1. The predicted molar refractivity (Wildman–Crippen MR) is 41.2 cm³/mol. The van der Waals surface area contributed by atoms with E-state index in [0.29, 0.717) is 12.3 Å². The van der Waals surface area contributed by atoms with Gasteiger partial charge in [-0.25, -0.2) is 0 Å². The van der Waals surface area contributed by atoms with Crippen LogP contribution in [0.15, 0.2) is 0 Å². The molecule has 0 rings (SSSR count). The van der Waals surface area contributed by atoms with E-state index in [-0.39, 0.29) is 12.3 Å². The molecule has 2 nitrogen and oxygen atoms in total. The van der Waals surface area contributed by atoms with Crippen LogP contribution in [-0.4, -0.2) is 17.8 Å². The highest BCUT2D eigenvalue weighted by Gasteiger charge is 2.13. The zero-order valence-corrected chi connectivity index (χ0v) is 7.01. The van der Waals surface area contributed by atoms with E-state index < -0.39 is 12.6 Å². The van der Waals surface area contributed by atoms with E-state index in [1.165, 1.54) is 0 Å². The molecule has 0 fully saturated rings. The summed E-state index contributed by atoms with van der Waals surface area (Å²) in [7, 11) is 0. The van der Waals surface area contributed by atoms with Gasteiger partial charge in [0.1, 0.15) is 0 Å². The van der Waals surface area contributed by atoms with Gasteiger partial charge in [0.05, 0.1) is 13.1 Å². The third-order valence-corrected chi connectivity index (χ3v) is 1.49. The van der Waals surface area contributed by atoms with Crippen molar-refractivity contribution in [2.45, 2.75) is 26.7 Å². The number of carboxylic acid groups (broad SMARTS) is 1. The zero-order valence-electron chi connectivity index (χ0n) is 7.01. The first-order valence-corrected chi connectivity index (χ1v) is 3.84. The van der Waals surface area contributed by atoms with Crippen LogP contribution in [-0.2, 0) is 4.79 Å². The Bertz CT molecular complexity index is 123. The van der Waals surface area contributed by atoms with Crippen molar-refractivity contribution in [3.8, 4) is 0 Å². The van der Waals surface area contributed by atoms with Crippen molar-refractivity contribution in [1.29, 1.82) is 0 Å². The number of carboxylic acids is 1. The number of hydrogen-bond acceptors (Lipinski definition) is 1. The van der Waals surface area contributed by atoms with E-state index in [0.717, 1.165) is 0 Å². The molecule has 66 valence electrons. The third-order valence-electron chi connectivity index (χ3n) is 1.49. The van der Waals surface area contributed by atoms with Crippen molar-refractivity contribution >= 4 is 5.97 Å². The van der Waals surface area contributed by atoms with E-state index in [4.69, 9.17) is 5.11 Å². The fourth-order valence-corrected chi connectivity index (χ4v) is 1.11. The predicted octanol–water partition coefficient (Wildman–Crippen LogP) is 2.09. The Morgan fingerprint density at radius 1 is 1.55 bits per heavy atom. The smallest absolute Gasteiger partial charge is 0.303 e. The average molecular weight is 162 g/mol. The molecule has 0 heterocycles. The van der Waals surface area contributed by atoms with Gasteiger partial charge in [0, 0.05) is 0 Å². The third kappa shape index (κ3) is 5.83. The van der Waals surface area contributed by atoms with Crippen LogP contribution in [0.2, 0.25) is 0 Å². The lowest BCUT2D eigenvalue weighted by Crippen LogP contribution is -2.12. The average Bonchev–Trinajstić information content (AvgIpc) is 1.84. The quantitative estimate of drug-likeness (QED) is 0.672. The largest absolute Gasteiger partial charge is 0.481 e. The Morgan fingerprint density at radius 2 is 2.09 bits per heavy atom. The lowest BCUT2D eigenvalue weighted by molar-refractivity contribution is -0.138. The Labute approximate surface area is 66.4 Å². The first-order valence-electron chi connectivity index (χ1n) is 3.84.